The molecule has 0 aliphatic rings. The van der Waals surface area contributed by atoms with Gasteiger partial charge in [-0.3, -0.25) is 9.00 Å². The average molecular weight is 261 g/mol. The summed E-state index contributed by atoms with van der Waals surface area (Å²) in [6.07, 6.45) is 0.688. The van der Waals surface area contributed by atoms with Crippen LogP contribution < -0.4 is 4.31 Å². The molecule has 4 nitrogen and oxygen atoms in total. The maximum atomic E-state index is 11.0. The number of rotatable bonds is 5. The van der Waals surface area contributed by atoms with Crippen LogP contribution >= 0.6 is 11.6 Å². The number of carbonyl (C=O) groups excluding carboxylic acids is 1. The van der Waals surface area contributed by atoms with Gasteiger partial charge in [-0.15, -0.1) is 0 Å². The highest BCUT2D eigenvalue weighted by molar-refractivity contribution is 7.80. The first-order valence-corrected chi connectivity index (χ1v) is 6.14. The van der Waals surface area contributed by atoms with E-state index >= 15 is 0 Å². The fourth-order valence-corrected chi connectivity index (χ4v) is 2.01. The van der Waals surface area contributed by atoms with Crippen LogP contribution in [0.3, 0.4) is 0 Å². The second kappa shape index (κ2) is 5.98. The van der Waals surface area contributed by atoms with E-state index in [1.807, 2.05) is 6.92 Å². The number of carbonyl (C=O) groups is 1. The van der Waals surface area contributed by atoms with Gasteiger partial charge < -0.3 is 8.86 Å². The zero-order valence-corrected chi connectivity index (χ0v) is 10.3. The van der Waals surface area contributed by atoms with Crippen molar-refractivity contribution in [2.24, 2.45) is 0 Å². The molecule has 0 aliphatic carbocycles. The van der Waals surface area contributed by atoms with Gasteiger partial charge in [0.15, 0.2) is 0 Å². The van der Waals surface area contributed by atoms with E-state index in [2.05, 4.69) is 0 Å². The van der Waals surface area contributed by atoms with Gasteiger partial charge in [-0.1, -0.05) is 13.0 Å². The van der Waals surface area contributed by atoms with Gasteiger partial charge in [0.05, 0.1) is 0 Å². The minimum Gasteiger partial charge on any atom is -0.755 e. The molecule has 0 aliphatic heterocycles. The van der Waals surface area contributed by atoms with Gasteiger partial charge in [0.25, 0.3) is 5.24 Å². The lowest BCUT2D eigenvalue weighted by Crippen LogP contribution is -2.26. The lowest BCUT2D eigenvalue weighted by molar-refractivity contribution is 0.108. The Morgan fingerprint density at radius 1 is 1.56 bits per heavy atom. The number of nitrogens with zero attached hydrogens (tertiary/aromatic N) is 1. The molecule has 0 saturated heterocycles. The van der Waals surface area contributed by atoms with Crippen LogP contribution in [0.25, 0.3) is 0 Å². The van der Waals surface area contributed by atoms with Crippen LogP contribution in [0, 0.1) is 0 Å². The molecule has 6 heteroatoms. The number of hydrogen-bond donors (Lipinski definition) is 0. The quantitative estimate of drug-likeness (QED) is 0.602. The summed E-state index contributed by atoms with van der Waals surface area (Å²) in [5, 5.41) is -0.602. The van der Waals surface area contributed by atoms with Gasteiger partial charge in [-0.2, -0.15) is 0 Å². The molecule has 1 unspecified atom stereocenters. The van der Waals surface area contributed by atoms with Crippen molar-refractivity contribution in [3.63, 3.8) is 0 Å². The summed E-state index contributed by atoms with van der Waals surface area (Å²) in [5.74, 6) is 0. The molecule has 0 saturated carbocycles. The Bertz CT molecular complexity index is 411. The second-order valence-corrected chi connectivity index (χ2v) is 4.36. The van der Waals surface area contributed by atoms with E-state index < -0.39 is 16.5 Å². The first kappa shape index (κ1) is 13.2. The number of hydrogen-bond acceptors (Lipinski definition) is 3. The summed E-state index contributed by atoms with van der Waals surface area (Å²) in [5.41, 5.74) is 0.729. The summed E-state index contributed by atoms with van der Waals surface area (Å²) < 4.78 is 23.1. The van der Waals surface area contributed by atoms with E-state index in [-0.39, 0.29) is 5.56 Å². The molecule has 0 N–H and O–H groups in total. The number of anilines is 1. The van der Waals surface area contributed by atoms with Crippen LogP contribution in [-0.2, 0) is 11.3 Å². The predicted molar refractivity (Wildman–Crippen MR) is 63.2 cm³/mol. The summed E-state index contributed by atoms with van der Waals surface area (Å²) in [7, 11) is 0. The van der Waals surface area contributed by atoms with Gasteiger partial charge in [0.2, 0.25) is 0 Å². The normalized spacial score (nSPS) is 12.2. The van der Waals surface area contributed by atoms with Crippen molar-refractivity contribution in [3.05, 3.63) is 29.8 Å². The topological polar surface area (TPSA) is 60.4 Å². The van der Waals surface area contributed by atoms with Crippen LogP contribution in [-0.4, -0.2) is 20.5 Å². The lowest BCUT2D eigenvalue weighted by atomic mass is 10.2. The molecule has 0 fully saturated rings. The highest BCUT2D eigenvalue weighted by atomic mass is 35.5. The van der Waals surface area contributed by atoms with Crippen molar-refractivity contribution in [2.75, 3.05) is 10.8 Å². The zero-order valence-electron chi connectivity index (χ0n) is 8.68. The van der Waals surface area contributed by atoms with E-state index in [0.717, 1.165) is 0 Å². The summed E-state index contributed by atoms with van der Waals surface area (Å²) >= 11 is 2.98. The Balaban J connectivity index is 3.04. The third-order valence-electron chi connectivity index (χ3n) is 1.97. The molecule has 1 aromatic rings. The van der Waals surface area contributed by atoms with E-state index in [1.165, 1.54) is 16.4 Å². The smallest absolute Gasteiger partial charge is 0.252 e. The standard InChI is InChI=1S/C10H12ClNO3S/c1-2-6-12(16(14)15)9-5-3-4-8(7-9)10(11)13/h3-5,7H,2,6H2,1H3,(H,14,15)/p-1. The van der Waals surface area contributed by atoms with E-state index in [9.17, 15) is 13.6 Å². The highest BCUT2D eigenvalue weighted by Gasteiger charge is 2.08. The SMILES string of the molecule is CCCN(c1cccc(C(=O)Cl)c1)S(=O)[O-]. The van der Waals surface area contributed by atoms with Crippen LogP contribution in [0.15, 0.2) is 24.3 Å². The summed E-state index contributed by atoms with van der Waals surface area (Å²) in [6, 6.07) is 6.22. The Morgan fingerprint density at radius 3 is 2.75 bits per heavy atom. The van der Waals surface area contributed by atoms with Crippen LogP contribution in [0.2, 0.25) is 0 Å². The molecule has 0 spiro atoms. The average Bonchev–Trinajstić information content (AvgIpc) is 2.25. The van der Waals surface area contributed by atoms with Crippen molar-refractivity contribution in [3.8, 4) is 0 Å². The molecule has 0 radical (unpaired) electrons. The van der Waals surface area contributed by atoms with Crippen molar-refractivity contribution in [1.82, 2.24) is 0 Å². The molecule has 1 aromatic carbocycles. The van der Waals surface area contributed by atoms with Gasteiger partial charge in [-0.05, 0) is 36.2 Å². The summed E-state index contributed by atoms with van der Waals surface area (Å²) in [4.78, 5) is 10.9. The zero-order chi connectivity index (χ0) is 12.1. The minimum atomic E-state index is -2.35. The predicted octanol–water partition coefficient (Wildman–Crippen LogP) is 2.08. The number of benzene rings is 1. The van der Waals surface area contributed by atoms with Gasteiger partial charge in [0, 0.05) is 29.1 Å². The Morgan fingerprint density at radius 2 is 2.25 bits per heavy atom. The molecule has 0 amide bonds. The minimum absolute atomic E-state index is 0.283. The Labute approximate surface area is 102 Å². The third kappa shape index (κ3) is 3.30. The van der Waals surface area contributed by atoms with Crippen molar-refractivity contribution in [1.29, 1.82) is 0 Å². The molecule has 88 valence electrons. The lowest BCUT2D eigenvalue weighted by Gasteiger charge is -2.26. The molecular weight excluding hydrogens is 250 g/mol. The van der Waals surface area contributed by atoms with Gasteiger partial charge in [-0.25, -0.2) is 0 Å². The third-order valence-corrected chi connectivity index (χ3v) is 2.94. The fourth-order valence-electron chi connectivity index (χ4n) is 1.28. The maximum absolute atomic E-state index is 11.0. The van der Waals surface area contributed by atoms with Gasteiger partial charge in [0.1, 0.15) is 0 Å². The van der Waals surface area contributed by atoms with Crippen LogP contribution in [0.1, 0.15) is 23.7 Å². The largest absolute Gasteiger partial charge is 0.755 e. The molecule has 0 bridgehead atoms. The molecule has 1 rings (SSSR count). The molecule has 16 heavy (non-hydrogen) atoms. The summed E-state index contributed by atoms with van der Waals surface area (Å²) in [6.45, 7) is 2.24. The van der Waals surface area contributed by atoms with Crippen LogP contribution in [0.4, 0.5) is 5.69 Å². The van der Waals surface area contributed by atoms with Crippen LogP contribution in [0.5, 0.6) is 0 Å². The van der Waals surface area contributed by atoms with E-state index in [0.29, 0.717) is 18.7 Å². The molecule has 0 heterocycles. The first-order valence-electron chi connectivity index (χ1n) is 4.73. The second-order valence-electron chi connectivity index (χ2n) is 3.14. The van der Waals surface area contributed by atoms with E-state index in [1.54, 1.807) is 12.1 Å². The molecular formula is C10H11ClNO3S-. The monoisotopic (exact) mass is 260 g/mol. The van der Waals surface area contributed by atoms with E-state index in [4.69, 9.17) is 11.6 Å². The first-order chi connectivity index (χ1) is 7.56. The van der Waals surface area contributed by atoms with Gasteiger partial charge >= 0.3 is 0 Å². The maximum Gasteiger partial charge on any atom is 0.252 e. The Hall–Kier alpha value is -0.910. The van der Waals surface area contributed by atoms with Crippen molar-refractivity contribution < 1.29 is 13.6 Å². The fraction of sp³-hybridized carbons (Fsp3) is 0.300. The molecule has 0 aromatic heterocycles. The Kier molecular flexibility index (Phi) is 4.92. The van der Waals surface area contributed by atoms with Crippen molar-refractivity contribution >= 4 is 33.8 Å². The molecule has 1 atom stereocenters. The number of halogens is 1. The van der Waals surface area contributed by atoms with Crippen molar-refractivity contribution in [2.45, 2.75) is 13.3 Å². The highest BCUT2D eigenvalue weighted by Crippen LogP contribution is 2.18.